The van der Waals surface area contributed by atoms with Gasteiger partial charge in [-0.1, -0.05) is 20.8 Å². The largest absolute Gasteiger partial charge is 0.493 e. The quantitative estimate of drug-likeness (QED) is 0.678. The number of thiophene rings is 1. The Kier molecular flexibility index (Phi) is 6.79. The first kappa shape index (κ1) is 22.9. The van der Waals surface area contributed by atoms with Crippen LogP contribution >= 0.6 is 11.3 Å². The number of hydrogen-bond acceptors (Lipinski definition) is 6. The maximum Gasteiger partial charge on any atom is 0.279 e. The predicted molar refractivity (Wildman–Crippen MR) is 120 cm³/mol. The monoisotopic (exact) mass is 446 g/mol. The average molecular weight is 447 g/mol. The third-order valence-electron chi connectivity index (χ3n) is 5.75. The zero-order valence-corrected chi connectivity index (χ0v) is 19.7. The van der Waals surface area contributed by atoms with E-state index in [0.717, 1.165) is 19.3 Å². The number of rotatable bonds is 5. The van der Waals surface area contributed by atoms with Gasteiger partial charge < -0.3 is 14.2 Å². The van der Waals surface area contributed by atoms with Crippen molar-refractivity contribution in [2.45, 2.75) is 40.0 Å². The van der Waals surface area contributed by atoms with E-state index in [1.54, 1.807) is 0 Å². The van der Waals surface area contributed by atoms with E-state index in [0.29, 0.717) is 28.0 Å². The van der Waals surface area contributed by atoms with E-state index >= 15 is 0 Å². The first-order valence-corrected chi connectivity index (χ1v) is 11.0. The second-order valence-corrected chi connectivity index (χ2v) is 9.82. The first-order valence-electron chi connectivity index (χ1n) is 10.2. The molecule has 7 nitrogen and oxygen atoms in total. The van der Waals surface area contributed by atoms with Crippen LogP contribution in [0.4, 0.5) is 0 Å². The summed E-state index contributed by atoms with van der Waals surface area (Å²) in [5.74, 6) is 0.901. The van der Waals surface area contributed by atoms with Crippen LogP contribution in [0.2, 0.25) is 0 Å². The summed E-state index contributed by atoms with van der Waals surface area (Å²) in [6.45, 7) is 6.80. The second-order valence-electron chi connectivity index (χ2n) is 8.69. The molecule has 2 aromatic rings. The Morgan fingerprint density at radius 1 is 0.968 bits per heavy atom. The molecular formula is C23H30N2O5S. The third-order valence-corrected chi connectivity index (χ3v) is 6.98. The van der Waals surface area contributed by atoms with Crippen molar-refractivity contribution in [3.05, 3.63) is 39.1 Å². The average Bonchev–Trinajstić information content (AvgIpc) is 3.19. The highest BCUT2D eigenvalue weighted by atomic mass is 32.1. The number of benzene rings is 1. The molecule has 0 saturated carbocycles. The van der Waals surface area contributed by atoms with E-state index in [2.05, 4.69) is 31.6 Å². The summed E-state index contributed by atoms with van der Waals surface area (Å²) < 4.78 is 15.8. The number of amides is 2. The molecule has 0 spiro atoms. The zero-order chi connectivity index (χ0) is 22.8. The van der Waals surface area contributed by atoms with Crippen LogP contribution in [0.25, 0.3) is 0 Å². The molecule has 0 saturated heterocycles. The molecule has 0 aliphatic heterocycles. The summed E-state index contributed by atoms with van der Waals surface area (Å²) in [4.78, 5) is 27.1. The lowest BCUT2D eigenvalue weighted by Gasteiger charge is -2.33. The predicted octanol–water partition coefficient (Wildman–Crippen LogP) is 4.00. The molecule has 31 heavy (non-hydrogen) atoms. The van der Waals surface area contributed by atoms with Crippen LogP contribution in [0.5, 0.6) is 17.2 Å². The number of ether oxygens (including phenoxy) is 3. The Bertz CT molecular complexity index is 952. The van der Waals surface area contributed by atoms with Crippen LogP contribution in [0.3, 0.4) is 0 Å². The van der Waals surface area contributed by atoms with Crippen LogP contribution in [0.15, 0.2) is 18.2 Å². The van der Waals surface area contributed by atoms with Gasteiger partial charge in [0.2, 0.25) is 5.75 Å². The van der Waals surface area contributed by atoms with Crippen molar-refractivity contribution in [1.29, 1.82) is 0 Å². The number of hydrazine groups is 1. The summed E-state index contributed by atoms with van der Waals surface area (Å²) in [6.07, 6.45) is 3.11. The SMILES string of the molecule is COc1cc(C(=O)NNC(=O)c2cc3c(s2)CCC(C(C)(C)C)C3)cc(OC)c1OC. The molecule has 1 unspecified atom stereocenters. The molecule has 1 aliphatic rings. The van der Waals surface area contributed by atoms with Crippen molar-refractivity contribution in [1.82, 2.24) is 10.9 Å². The van der Waals surface area contributed by atoms with Gasteiger partial charge in [-0.25, -0.2) is 0 Å². The summed E-state index contributed by atoms with van der Waals surface area (Å²) in [6, 6.07) is 5.01. The summed E-state index contributed by atoms with van der Waals surface area (Å²) in [7, 11) is 4.44. The highest BCUT2D eigenvalue weighted by molar-refractivity contribution is 7.14. The first-order chi connectivity index (χ1) is 14.7. The van der Waals surface area contributed by atoms with Crippen molar-refractivity contribution in [2.24, 2.45) is 11.3 Å². The van der Waals surface area contributed by atoms with Crippen molar-refractivity contribution in [3.8, 4) is 17.2 Å². The van der Waals surface area contributed by atoms with Gasteiger partial charge in [-0.3, -0.25) is 20.4 Å². The minimum atomic E-state index is -0.485. The molecule has 8 heteroatoms. The molecule has 168 valence electrons. The van der Waals surface area contributed by atoms with Crippen LogP contribution in [-0.2, 0) is 12.8 Å². The van der Waals surface area contributed by atoms with E-state index in [1.165, 1.54) is 55.2 Å². The third kappa shape index (κ3) is 4.95. The van der Waals surface area contributed by atoms with Crippen LogP contribution < -0.4 is 25.1 Å². The lowest BCUT2D eigenvalue weighted by molar-refractivity contribution is 0.0848. The van der Waals surface area contributed by atoms with E-state index in [9.17, 15) is 9.59 Å². The molecule has 0 bridgehead atoms. The molecule has 1 aromatic carbocycles. The molecule has 0 fully saturated rings. The van der Waals surface area contributed by atoms with Crippen LogP contribution in [-0.4, -0.2) is 33.1 Å². The Hall–Kier alpha value is -2.74. The highest BCUT2D eigenvalue weighted by Crippen LogP contribution is 2.40. The molecule has 1 heterocycles. The smallest absolute Gasteiger partial charge is 0.279 e. The van der Waals surface area contributed by atoms with Gasteiger partial charge in [0.25, 0.3) is 11.8 Å². The topological polar surface area (TPSA) is 85.9 Å². The lowest BCUT2D eigenvalue weighted by Crippen LogP contribution is -2.41. The highest BCUT2D eigenvalue weighted by Gasteiger charge is 2.30. The Balaban J connectivity index is 1.68. The maximum atomic E-state index is 12.6. The fourth-order valence-electron chi connectivity index (χ4n) is 3.83. The van der Waals surface area contributed by atoms with Gasteiger partial charge in [-0.05, 0) is 54.4 Å². The van der Waals surface area contributed by atoms with Crippen molar-refractivity contribution in [2.75, 3.05) is 21.3 Å². The minimum Gasteiger partial charge on any atom is -0.493 e. The standard InChI is InChI=1S/C23H30N2O5S/c1-23(2,3)15-7-8-18-13(9-15)12-19(31-18)22(27)25-24-21(26)14-10-16(28-4)20(30-6)17(11-14)29-5/h10-12,15H,7-9H2,1-6H3,(H,24,26)(H,25,27). The number of nitrogens with one attached hydrogen (secondary N) is 2. The fourth-order valence-corrected chi connectivity index (χ4v) is 4.94. The van der Waals surface area contributed by atoms with E-state index in [1.807, 2.05) is 6.07 Å². The number of aryl methyl sites for hydroxylation is 1. The Labute approximate surface area is 187 Å². The van der Waals surface area contributed by atoms with Crippen LogP contribution in [0.1, 0.15) is 57.7 Å². The van der Waals surface area contributed by atoms with Crippen LogP contribution in [0, 0.1) is 11.3 Å². The molecule has 1 aromatic heterocycles. The van der Waals surface area contributed by atoms with Gasteiger partial charge in [0.05, 0.1) is 26.2 Å². The van der Waals surface area contributed by atoms with E-state index in [4.69, 9.17) is 14.2 Å². The van der Waals surface area contributed by atoms with Crippen molar-refractivity contribution in [3.63, 3.8) is 0 Å². The van der Waals surface area contributed by atoms with Gasteiger partial charge in [-0.2, -0.15) is 0 Å². The van der Waals surface area contributed by atoms with Gasteiger partial charge in [0, 0.05) is 10.4 Å². The van der Waals surface area contributed by atoms with Crippen molar-refractivity contribution < 1.29 is 23.8 Å². The molecule has 1 atom stereocenters. The summed E-state index contributed by atoms with van der Waals surface area (Å²) in [5, 5.41) is 0. The number of fused-ring (bicyclic) bond motifs is 1. The van der Waals surface area contributed by atoms with Gasteiger partial charge in [-0.15, -0.1) is 11.3 Å². The molecule has 2 amide bonds. The number of methoxy groups -OCH3 is 3. The minimum absolute atomic E-state index is 0.247. The molecule has 1 aliphatic carbocycles. The summed E-state index contributed by atoms with van der Waals surface area (Å²) in [5.41, 5.74) is 6.74. The van der Waals surface area contributed by atoms with Crippen molar-refractivity contribution >= 4 is 23.2 Å². The number of carbonyl (C=O) groups is 2. The zero-order valence-electron chi connectivity index (χ0n) is 18.9. The van der Waals surface area contributed by atoms with Gasteiger partial charge >= 0.3 is 0 Å². The summed E-state index contributed by atoms with van der Waals surface area (Å²) >= 11 is 1.50. The molecular weight excluding hydrogens is 416 g/mol. The Morgan fingerprint density at radius 3 is 2.13 bits per heavy atom. The van der Waals surface area contributed by atoms with E-state index in [-0.39, 0.29) is 16.9 Å². The lowest BCUT2D eigenvalue weighted by atomic mass is 9.72. The molecule has 0 radical (unpaired) electrons. The van der Waals surface area contributed by atoms with E-state index < -0.39 is 5.91 Å². The van der Waals surface area contributed by atoms with Gasteiger partial charge in [0.1, 0.15) is 0 Å². The maximum absolute atomic E-state index is 12.6. The fraction of sp³-hybridized carbons (Fsp3) is 0.478. The Morgan fingerprint density at radius 2 is 1.58 bits per heavy atom. The normalized spacial score (nSPS) is 15.6. The molecule has 2 N–H and O–H groups in total. The number of carbonyl (C=O) groups excluding carboxylic acids is 2. The second kappa shape index (κ2) is 9.18. The molecule has 3 rings (SSSR count). The number of hydrogen-bond donors (Lipinski definition) is 2. The van der Waals surface area contributed by atoms with Gasteiger partial charge in [0.15, 0.2) is 11.5 Å².